The first-order valence-electron chi connectivity index (χ1n) is 10.6. The van der Waals surface area contributed by atoms with Gasteiger partial charge in [0.25, 0.3) is 0 Å². The lowest BCUT2D eigenvalue weighted by molar-refractivity contribution is 0.143. The molecule has 10 heteroatoms. The summed E-state index contributed by atoms with van der Waals surface area (Å²) in [6, 6.07) is 1.68. The van der Waals surface area contributed by atoms with Crippen LogP contribution in [0.15, 0.2) is 24.7 Å². The molecule has 0 unspecified atom stereocenters. The SMILES string of the molecule is CC(C)(F)Cn1ncc2cnc(-c3[nH]ncc3NC(=O)N3CCOCCC34CC4)cc21. The second kappa shape index (κ2) is 7.30. The molecule has 4 heterocycles. The highest BCUT2D eigenvalue weighted by Crippen LogP contribution is 2.46. The summed E-state index contributed by atoms with van der Waals surface area (Å²) in [5, 5.41) is 15.1. The van der Waals surface area contributed by atoms with Crippen LogP contribution < -0.4 is 5.32 Å². The van der Waals surface area contributed by atoms with Crippen molar-refractivity contribution in [2.75, 3.05) is 25.1 Å². The summed E-state index contributed by atoms with van der Waals surface area (Å²) in [5.74, 6) is 0. The lowest BCUT2D eigenvalue weighted by Crippen LogP contribution is -2.45. The van der Waals surface area contributed by atoms with Gasteiger partial charge >= 0.3 is 6.03 Å². The molecular formula is C21H26FN7O2. The second-order valence-corrected chi connectivity index (χ2v) is 8.98. The predicted molar refractivity (Wildman–Crippen MR) is 113 cm³/mol. The van der Waals surface area contributed by atoms with Crippen molar-refractivity contribution in [1.29, 1.82) is 0 Å². The molecule has 3 aromatic rings. The van der Waals surface area contributed by atoms with E-state index in [4.69, 9.17) is 4.74 Å². The third-order valence-electron chi connectivity index (χ3n) is 6.00. The van der Waals surface area contributed by atoms with Crippen molar-refractivity contribution in [2.24, 2.45) is 0 Å². The number of carbonyl (C=O) groups excluding carboxylic acids is 1. The molecule has 5 rings (SSSR count). The number of pyridine rings is 1. The smallest absolute Gasteiger partial charge is 0.322 e. The molecule has 9 nitrogen and oxygen atoms in total. The summed E-state index contributed by atoms with van der Waals surface area (Å²) < 4.78 is 21.4. The van der Waals surface area contributed by atoms with E-state index in [0.29, 0.717) is 36.8 Å². The number of rotatable bonds is 4. The zero-order valence-electron chi connectivity index (χ0n) is 17.7. The van der Waals surface area contributed by atoms with Crippen molar-refractivity contribution >= 4 is 22.6 Å². The number of nitrogens with one attached hydrogen (secondary N) is 2. The number of alkyl halides is 1. The van der Waals surface area contributed by atoms with Gasteiger partial charge in [0.05, 0.1) is 42.4 Å². The molecule has 31 heavy (non-hydrogen) atoms. The fourth-order valence-corrected chi connectivity index (χ4v) is 4.22. The van der Waals surface area contributed by atoms with Crippen LogP contribution in [0.3, 0.4) is 0 Å². The quantitative estimate of drug-likeness (QED) is 0.665. The van der Waals surface area contributed by atoms with E-state index in [-0.39, 0.29) is 18.1 Å². The van der Waals surface area contributed by atoms with E-state index >= 15 is 0 Å². The van der Waals surface area contributed by atoms with Crippen molar-refractivity contribution in [3.63, 3.8) is 0 Å². The number of ether oxygens (including phenoxy) is 1. The standard InChI is InChI=1S/C21H26FN7O2/c1-20(2,22)13-29-17-9-15(23-10-14(17)11-25-29)18-16(12-24-27-18)26-19(30)28-6-8-31-7-5-21(28)3-4-21/h9-12H,3-8,13H2,1-2H3,(H,24,27)(H,26,30). The van der Waals surface area contributed by atoms with Gasteiger partial charge in [0, 0.05) is 30.3 Å². The van der Waals surface area contributed by atoms with Gasteiger partial charge in [-0.15, -0.1) is 0 Å². The third kappa shape index (κ3) is 3.87. The van der Waals surface area contributed by atoms with E-state index in [1.54, 1.807) is 23.3 Å². The van der Waals surface area contributed by atoms with E-state index in [0.717, 1.165) is 30.2 Å². The molecule has 1 saturated carbocycles. The molecule has 1 spiro atoms. The number of carbonyl (C=O) groups is 1. The largest absolute Gasteiger partial charge is 0.380 e. The Hall–Kier alpha value is -3.01. The number of H-pyrrole nitrogens is 1. The Balaban J connectivity index is 1.41. The first kappa shape index (κ1) is 19.9. The van der Waals surface area contributed by atoms with Crippen LogP contribution in [0.25, 0.3) is 22.3 Å². The molecule has 0 radical (unpaired) electrons. The Bertz CT molecular complexity index is 1110. The van der Waals surface area contributed by atoms with Gasteiger partial charge in [0.15, 0.2) is 0 Å². The number of aromatic nitrogens is 5. The van der Waals surface area contributed by atoms with Gasteiger partial charge in [-0.3, -0.25) is 14.8 Å². The average Bonchev–Trinajstić information content (AvgIpc) is 3.27. The average molecular weight is 427 g/mol. The van der Waals surface area contributed by atoms with Crippen LogP contribution in [0.1, 0.15) is 33.1 Å². The summed E-state index contributed by atoms with van der Waals surface area (Å²) in [4.78, 5) is 19.5. The maximum atomic E-state index is 14.2. The van der Waals surface area contributed by atoms with Crippen molar-refractivity contribution in [3.8, 4) is 11.4 Å². The van der Waals surface area contributed by atoms with Gasteiger partial charge in [-0.25, -0.2) is 9.18 Å². The lowest BCUT2D eigenvalue weighted by Gasteiger charge is -2.29. The number of hydrogen-bond donors (Lipinski definition) is 2. The fourth-order valence-electron chi connectivity index (χ4n) is 4.22. The third-order valence-corrected chi connectivity index (χ3v) is 6.00. The lowest BCUT2D eigenvalue weighted by atomic mass is 10.1. The minimum atomic E-state index is -1.40. The van der Waals surface area contributed by atoms with Gasteiger partial charge in [-0.05, 0) is 39.2 Å². The van der Waals surface area contributed by atoms with Crippen LogP contribution in [0.5, 0.6) is 0 Å². The first-order valence-corrected chi connectivity index (χ1v) is 10.6. The zero-order chi connectivity index (χ0) is 21.6. The first-order chi connectivity index (χ1) is 14.8. The summed E-state index contributed by atoms with van der Waals surface area (Å²) in [6.07, 6.45) is 7.83. The highest BCUT2D eigenvalue weighted by molar-refractivity contribution is 5.94. The Morgan fingerprint density at radius 1 is 1.29 bits per heavy atom. The van der Waals surface area contributed by atoms with Gasteiger partial charge in [0.1, 0.15) is 11.4 Å². The Labute approximate surface area is 179 Å². The minimum absolute atomic E-state index is 0.0761. The molecule has 0 aromatic carbocycles. The molecule has 0 bridgehead atoms. The molecule has 1 aliphatic heterocycles. The zero-order valence-corrected chi connectivity index (χ0v) is 17.7. The number of halogens is 1. The predicted octanol–water partition coefficient (Wildman–Crippen LogP) is 3.36. The topological polar surface area (TPSA) is 101 Å². The molecule has 2 aliphatic rings. The van der Waals surface area contributed by atoms with Crippen LogP contribution >= 0.6 is 0 Å². The van der Waals surface area contributed by atoms with E-state index in [9.17, 15) is 9.18 Å². The fraction of sp³-hybridized carbons (Fsp3) is 0.524. The maximum Gasteiger partial charge on any atom is 0.322 e. The van der Waals surface area contributed by atoms with E-state index in [1.807, 2.05) is 11.0 Å². The van der Waals surface area contributed by atoms with Crippen molar-refractivity contribution < 1.29 is 13.9 Å². The molecule has 2 fully saturated rings. The van der Waals surface area contributed by atoms with Crippen molar-refractivity contribution in [1.82, 2.24) is 29.9 Å². The van der Waals surface area contributed by atoms with Gasteiger partial charge in [0.2, 0.25) is 0 Å². The molecule has 3 aromatic heterocycles. The molecular weight excluding hydrogens is 401 g/mol. The minimum Gasteiger partial charge on any atom is -0.380 e. The highest BCUT2D eigenvalue weighted by atomic mass is 19.1. The van der Waals surface area contributed by atoms with Crippen LogP contribution in [0, 0.1) is 0 Å². The van der Waals surface area contributed by atoms with Gasteiger partial charge < -0.3 is 15.0 Å². The molecule has 164 valence electrons. The Morgan fingerprint density at radius 3 is 2.90 bits per heavy atom. The summed E-state index contributed by atoms with van der Waals surface area (Å²) in [7, 11) is 0. The molecule has 2 N–H and O–H groups in total. The summed E-state index contributed by atoms with van der Waals surface area (Å²) in [5.41, 5.74) is 1.04. The van der Waals surface area contributed by atoms with Gasteiger partial charge in [-0.2, -0.15) is 10.2 Å². The molecule has 0 atom stereocenters. The molecule has 1 saturated heterocycles. The van der Waals surface area contributed by atoms with E-state index < -0.39 is 5.67 Å². The number of amides is 2. The number of anilines is 1. The van der Waals surface area contributed by atoms with Crippen LogP contribution in [-0.2, 0) is 11.3 Å². The van der Waals surface area contributed by atoms with Crippen LogP contribution in [-0.4, -0.2) is 66.9 Å². The van der Waals surface area contributed by atoms with Crippen LogP contribution in [0.4, 0.5) is 14.9 Å². The van der Waals surface area contributed by atoms with Crippen LogP contribution in [0.2, 0.25) is 0 Å². The number of fused-ring (bicyclic) bond motifs is 1. The molecule has 2 amide bonds. The highest BCUT2D eigenvalue weighted by Gasteiger charge is 2.50. The second-order valence-electron chi connectivity index (χ2n) is 8.98. The normalized spacial score (nSPS) is 18.4. The molecule has 1 aliphatic carbocycles. The number of nitrogens with zero attached hydrogens (tertiary/aromatic N) is 5. The van der Waals surface area contributed by atoms with Gasteiger partial charge in [-0.1, -0.05) is 0 Å². The Morgan fingerprint density at radius 2 is 2.13 bits per heavy atom. The van der Waals surface area contributed by atoms with Crippen molar-refractivity contribution in [2.45, 2.75) is 50.9 Å². The number of urea groups is 1. The Kier molecular flexibility index (Phi) is 4.69. The summed E-state index contributed by atoms with van der Waals surface area (Å²) in [6.45, 7) is 4.97. The van der Waals surface area contributed by atoms with E-state index in [1.165, 1.54) is 13.8 Å². The maximum absolute atomic E-state index is 14.2. The number of hydrogen-bond acceptors (Lipinski definition) is 5. The number of aromatic amines is 1. The monoisotopic (exact) mass is 427 g/mol. The van der Waals surface area contributed by atoms with E-state index in [2.05, 4.69) is 25.6 Å². The summed E-state index contributed by atoms with van der Waals surface area (Å²) >= 11 is 0. The van der Waals surface area contributed by atoms with Crippen molar-refractivity contribution in [3.05, 3.63) is 24.7 Å².